The summed E-state index contributed by atoms with van der Waals surface area (Å²) in [5.41, 5.74) is -0.996. The van der Waals surface area contributed by atoms with Gasteiger partial charge in [0.25, 0.3) is 11.6 Å². The number of nitrogens with one attached hydrogen (secondary N) is 1. The van der Waals surface area contributed by atoms with Crippen LogP contribution in [0.3, 0.4) is 0 Å². The number of aromatic hydroxyl groups is 1. The smallest absolute Gasteiger partial charge is 0.337 e. The van der Waals surface area contributed by atoms with Gasteiger partial charge in [-0.3, -0.25) is 14.9 Å². The van der Waals surface area contributed by atoms with Crippen LogP contribution >= 0.6 is 63.7 Å². The van der Waals surface area contributed by atoms with Crippen LogP contribution in [0.4, 0.5) is 11.4 Å². The third-order valence-electron chi connectivity index (χ3n) is 3.15. The fraction of sp³-hybridized carbons (Fsp3) is 0. The number of nitro benzene ring substituents is 1. The predicted octanol–water partition coefficient (Wildman–Crippen LogP) is 5.30. The summed E-state index contributed by atoms with van der Waals surface area (Å²) in [7, 11) is 0. The number of carboxylic acid groups (broad SMARTS) is 1. The number of benzene rings is 2. The van der Waals surface area contributed by atoms with Gasteiger partial charge in [-0.15, -0.1) is 0 Å². The number of hydrogen-bond donors (Lipinski definition) is 3. The number of nitrogens with zero attached hydrogens (tertiary/aromatic N) is 1. The van der Waals surface area contributed by atoms with Crippen molar-refractivity contribution in [3.63, 3.8) is 0 Å². The molecular weight excluding hydrogens is 612 g/mol. The van der Waals surface area contributed by atoms with E-state index in [2.05, 4.69) is 69.0 Å². The lowest BCUT2D eigenvalue weighted by molar-refractivity contribution is -0.384. The van der Waals surface area contributed by atoms with Gasteiger partial charge in [0.15, 0.2) is 0 Å². The zero-order valence-electron chi connectivity index (χ0n) is 12.2. The normalized spacial score (nSPS) is 10.5. The molecule has 2 rings (SSSR count). The van der Waals surface area contributed by atoms with Crippen molar-refractivity contribution in [2.24, 2.45) is 0 Å². The summed E-state index contributed by atoms with van der Waals surface area (Å²) in [6.45, 7) is 0. The van der Waals surface area contributed by atoms with E-state index < -0.39 is 22.5 Å². The molecule has 0 aliphatic heterocycles. The van der Waals surface area contributed by atoms with Crippen LogP contribution in [-0.4, -0.2) is 27.0 Å². The van der Waals surface area contributed by atoms with Crippen molar-refractivity contribution in [3.05, 3.63) is 57.3 Å². The van der Waals surface area contributed by atoms with Crippen molar-refractivity contribution in [2.75, 3.05) is 5.32 Å². The molecule has 0 atom stereocenters. The van der Waals surface area contributed by atoms with Gasteiger partial charge in [-0.05, 0) is 69.8 Å². The second-order valence-electron chi connectivity index (χ2n) is 4.72. The maximum Gasteiger partial charge on any atom is 0.337 e. The van der Waals surface area contributed by atoms with E-state index in [0.717, 1.165) is 18.2 Å². The first-order valence-electron chi connectivity index (χ1n) is 6.44. The third kappa shape index (κ3) is 3.92. The lowest BCUT2D eigenvalue weighted by atomic mass is 10.1. The van der Waals surface area contributed by atoms with Gasteiger partial charge in [-0.1, -0.05) is 0 Å². The fourth-order valence-electron chi connectivity index (χ4n) is 1.97. The van der Waals surface area contributed by atoms with Crippen molar-refractivity contribution in [3.8, 4) is 5.75 Å². The summed E-state index contributed by atoms with van der Waals surface area (Å²) in [5, 5.41) is 32.4. The van der Waals surface area contributed by atoms with E-state index in [-0.39, 0.29) is 31.4 Å². The SMILES string of the molecule is O=C(O)c1c(Br)c(Br)c(Br)c(Br)c1C(=O)Nc1ccc([N+](=O)[O-])cc1O. The molecule has 0 saturated heterocycles. The number of phenols is 1. The number of carboxylic acids is 1. The third-order valence-corrected chi connectivity index (χ3v) is 7.92. The van der Waals surface area contributed by atoms with Crippen molar-refractivity contribution in [1.29, 1.82) is 0 Å². The second-order valence-corrected chi connectivity index (χ2v) is 7.90. The molecule has 2 aromatic rings. The number of carbonyl (C=O) groups is 2. The maximum atomic E-state index is 12.6. The van der Waals surface area contributed by atoms with Gasteiger partial charge >= 0.3 is 5.97 Å². The van der Waals surface area contributed by atoms with Crippen LogP contribution in [0.2, 0.25) is 0 Å². The molecule has 0 radical (unpaired) electrons. The summed E-state index contributed by atoms with van der Waals surface area (Å²) in [4.78, 5) is 34.3. The minimum atomic E-state index is -1.36. The van der Waals surface area contributed by atoms with Crippen molar-refractivity contribution >= 4 is 87.0 Å². The van der Waals surface area contributed by atoms with Gasteiger partial charge in [-0.25, -0.2) is 4.79 Å². The molecule has 2 aromatic carbocycles. The monoisotopic (exact) mass is 614 g/mol. The van der Waals surface area contributed by atoms with E-state index in [0.29, 0.717) is 8.95 Å². The van der Waals surface area contributed by atoms with E-state index in [1.807, 2.05) is 0 Å². The van der Waals surface area contributed by atoms with Gasteiger partial charge in [0.1, 0.15) is 5.75 Å². The molecule has 0 aliphatic carbocycles. The van der Waals surface area contributed by atoms with Crippen LogP contribution in [0, 0.1) is 10.1 Å². The Morgan fingerprint density at radius 3 is 2.00 bits per heavy atom. The molecule has 136 valence electrons. The zero-order chi connectivity index (χ0) is 19.8. The Kier molecular flexibility index (Phi) is 6.42. The number of phenolic OH excluding ortho intramolecular Hbond substituents is 1. The standard InChI is InChI=1S/C14H6Br4N2O6/c15-9-7(8(14(23)24)10(16)12(18)11(9)17)13(22)19-5-2-1-4(20(25)26)3-6(5)21/h1-3,21H,(H,19,22)(H,23,24). The maximum absolute atomic E-state index is 12.6. The largest absolute Gasteiger partial charge is 0.506 e. The zero-order valence-corrected chi connectivity index (χ0v) is 18.6. The molecule has 0 spiro atoms. The van der Waals surface area contributed by atoms with E-state index >= 15 is 0 Å². The van der Waals surface area contributed by atoms with Gasteiger partial charge in [0.05, 0.1) is 27.8 Å². The quantitative estimate of drug-likeness (QED) is 0.140. The molecule has 0 aromatic heterocycles. The summed E-state index contributed by atoms with van der Waals surface area (Å²) in [5.74, 6) is -2.73. The highest BCUT2D eigenvalue weighted by atomic mass is 79.9. The highest BCUT2D eigenvalue weighted by Crippen LogP contribution is 2.42. The van der Waals surface area contributed by atoms with E-state index in [1.165, 1.54) is 0 Å². The summed E-state index contributed by atoms with van der Waals surface area (Å²) < 4.78 is 1.09. The number of anilines is 1. The topological polar surface area (TPSA) is 130 Å². The number of halogens is 4. The van der Waals surface area contributed by atoms with Crippen molar-refractivity contribution in [1.82, 2.24) is 0 Å². The van der Waals surface area contributed by atoms with Crippen LogP contribution in [0.15, 0.2) is 36.1 Å². The average Bonchev–Trinajstić information content (AvgIpc) is 2.57. The number of amides is 1. The molecule has 3 N–H and O–H groups in total. The van der Waals surface area contributed by atoms with E-state index in [1.54, 1.807) is 0 Å². The summed E-state index contributed by atoms with van der Waals surface area (Å²) in [6.07, 6.45) is 0. The number of non-ortho nitro benzene ring substituents is 1. The number of aromatic carboxylic acids is 1. The molecule has 1 amide bonds. The Hall–Kier alpha value is -1.50. The van der Waals surface area contributed by atoms with E-state index in [9.17, 15) is 29.9 Å². The Morgan fingerprint density at radius 2 is 1.54 bits per heavy atom. The number of carbonyl (C=O) groups excluding carboxylic acids is 1. The average molecular weight is 618 g/mol. The lowest BCUT2D eigenvalue weighted by Crippen LogP contribution is -2.18. The molecule has 0 heterocycles. The van der Waals surface area contributed by atoms with E-state index in [4.69, 9.17) is 0 Å². The molecule has 8 nitrogen and oxygen atoms in total. The molecule has 0 bridgehead atoms. The number of rotatable bonds is 4. The molecule has 0 unspecified atom stereocenters. The Bertz CT molecular complexity index is 963. The second kappa shape index (κ2) is 8.03. The van der Waals surface area contributed by atoms with Crippen molar-refractivity contribution in [2.45, 2.75) is 0 Å². The molecule has 12 heteroatoms. The summed E-state index contributed by atoms with van der Waals surface area (Å²) in [6, 6.07) is 3.11. The van der Waals surface area contributed by atoms with Crippen LogP contribution < -0.4 is 5.32 Å². The number of nitro groups is 1. The van der Waals surface area contributed by atoms with Gasteiger partial charge < -0.3 is 15.5 Å². The Morgan fingerprint density at radius 1 is 1.00 bits per heavy atom. The first-order valence-corrected chi connectivity index (χ1v) is 9.61. The lowest BCUT2D eigenvalue weighted by Gasteiger charge is -2.15. The van der Waals surface area contributed by atoms with Crippen LogP contribution in [0.25, 0.3) is 0 Å². The van der Waals surface area contributed by atoms with Gasteiger partial charge in [0, 0.05) is 24.0 Å². The first-order chi connectivity index (χ1) is 12.1. The Labute approximate surface area is 179 Å². The predicted molar refractivity (Wildman–Crippen MR) is 107 cm³/mol. The van der Waals surface area contributed by atoms with Crippen molar-refractivity contribution < 1.29 is 24.7 Å². The highest BCUT2D eigenvalue weighted by Gasteiger charge is 2.28. The molecule has 0 fully saturated rings. The molecular formula is C14H6Br4N2O6. The molecule has 26 heavy (non-hydrogen) atoms. The minimum absolute atomic E-state index is 0.112. The first kappa shape index (κ1) is 20.8. The minimum Gasteiger partial charge on any atom is -0.506 e. The van der Waals surface area contributed by atoms with Crippen LogP contribution in [0.1, 0.15) is 20.7 Å². The van der Waals surface area contributed by atoms with Crippen LogP contribution in [0.5, 0.6) is 5.75 Å². The van der Waals surface area contributed by atoms with Gasteiger partial charge in [0.2, 0.25) is 0 Å². The molecule has 0 aliphatic rings. The van der Waals surface area contributed by atoms with Crippen LogP contribution in [-0.2, 0) is 0 Å². The Balaban J connectivity index is 2.54. The summed E-state index contributed by atoms with van der Waals surface area (Å²) >= 11 is 12.7. The van der Waals surface area contributed by atoms with Gasteiger partial charge in [-0.2, -0.15) is 0 Å². The number of hydrogen-bond acceptors (Lipinski definition) is 5. The highest BCUT2D eigenvalue weighted by molar-refractivity contribution is 9.15. The molecule has 0 saturated carbocycles. The fourth-order valence-corrected chi connectivity index (χ4v) is 4.44.